The normalized spacial score (nSPS) is 12.1. The van der Waals surface area contributed by atoms with Gasteiger partial charge in [0.15, 0.2) is 15.7 Å². The van der Waals surface area contributed by atoms with Crippen LogP contribution in [0, 0.1) is 0 Å². The first-order valence-electron chi connectivity index (χ1n) is 19.8. The molecule has 0 radical (unpaired) electrons. The van der Waals surface area contributed by atoms with Crippen LogP contribution in [0.15, 0.2) is 113 Å². The Morgan fingerprint density at radius 1 is 0.788 bits per heavy atom. The molecule has 0 saturated carbocycles. The van der Waals surface area contributed by atoms with Gasteiger partial charge in [-0.2, -0.15) is 17.5 Å². The van der Waals surface area contributed by atoms with E-state index in [2.05, 4.69) is 20.5 Å². The molecule has 346 valence electrons. The van der Waals surface area contributed by atoms with Gasteiger partial charge in [-0.3, -0.25) is 0 Å². The molecule has 1 amide bonds. The van der Waals surface area contributed by atoms with Crippen LogP contribution in [0.3, 0.4) is 0 Å². The van der Waals surface area contributed by atoms with Crippen molar-refractivity contribution in [2.45, 2.75) is 42.1 Å². The fourth-order valence-corrected chi connectivity index (χ4v) is 10.9. The van der Waals surface area contributed by atoms with Crippen molar-refractivity contribution in [1.29, 1.82) is 0 Å². The van der Waals surface area contributed by atoms with Gasteiger partial charge in [0.25, 0.3) is 0 Å². The number of carboxylic acid groups (broad SMARTS) is 1. The van der Waals surface area contributed by atoms with Crippen LogP contribution in [0.1, 0.15) is 16.7 Å². The van der Waals surface area contributed by atoms with Crippen molar-refractivity contribution < 1.29 is 54.1 Å². The minimum Gasteiger partial charge on any atom is -0.497 e. The first-order valence-corrected chi connectivity index (χ1v) is 22.9. The number of sulfonamides is 1. The van der Waals surface area contributed by atoms with Gasteiger partial charge >= 0.3 is 12.3 Å². The highest BCUT2D eigenvalue weighted by atomic mass is 32.2. The summed E-state index contributed by atoms with van der Waals surface area (Å²) in [6.45, 7) is -2.87. The lowest BCUT2D eigenvalue weighted by Crippen LogP contribution is -2.33. The van der Waals surface area contributed by atoms with Crippen molar-refractivity contribution >= 4 is 42.9 Å². The highest BCUT2D eigenvalue weighted by molar-refractivity contribution is 7.93. The third kappa shape index (κ3) is 10.2. The zero-order valence-electron chi connectivity index (χ0n) is 35.4. The topological polar surface area (TPSA) is 236 Å². The van der Waals surface area contributed by atoms with Crippen molar-refractivity contribution in [2.75, 3.05) is 39.4 Å². The fraction of sp³-hybridized carbons (Fsp3) is 0.233. The third-order valence-corrected chi connectivity index (χ3v) is 14.2. The van der Waals surface area contributed by atoms with Crippen molar-refractivity contribution in [1.82, 2.24) is 39.4 Å². The molecule has 66 heavy (non-hydrogen) atoms. The van der Waals surface area contributed by atoms with Crippen LogP contribution < -0.4 is 25.3 Å². The van der Waals surface area contributed by atoms with E-state index in [1.165, 1.54) is 50.3 Å². The molecule has 0 aliphatic rings. The Kier molecular flexibility index (Phi) is 13.5. The molecule has 7 aromatic rings. The van der Waals surface area contributed by atoms with Gasteiger partial charge in [-0.05, 0) is 81.2 Å². The fourth-order valence-electron chi connectivity index (χ4n) is 7.26. The molecule has 18 nitrogen and oxygen atoms in total. The van der Waals surface area contributed by atoms with E-state index >= 15 is 8.42 Å². The minimum absolute atomic E-state index is 0.0435. The van der Waals surface area contributed by atoms with Gasteiger partial charge in [0.1, 0.15) is 28.7 Å². The Morgan fingerprint density at radius 3 is 1.88 bits per heavy atom. The number of nitrogens with two attached hydrogens (primary N) is 1. The van der Waals surface area contributed by atoms with Gasteiger partial charge in [-0.15, -0.1) is 5.10 Å². The second kappa shape index (κ2) is 19.1. The number of hydrogen-bond acceptors (Lipinski definition) is 13. The molecule has 0 aliphatic carbocycles. The Hall–Kier alpha value is -7.24. The zero-order valence-corrected chi connectivity index (χ0v) is 37.1. The number of tetrazole rings is 1. The number of anilines is 1. The smallest absolute Gasteiger partial charge is 0.406 e. The van der Waals surface area contributed by atoms with Crippen LogP contribution in [0.2, 0.25) is 0 Å². The number of nitrogen functional groups attached to an aromatic ring is 1. The second-order valence-electron chi connectivity index (χ2n) is 14.7. The van der Waals surface area contributed by atoms with E-state index in [0.717, 1.165) is 14.9 Å². The number of methoxy groups -OCH3 is 3. The minimum atomic E-state index is -5.12. The van der Waals surface area contributed by atoms with Crippen LogP contribution in [0.25, 0.3) is 33.5 Å². The van der Waals surface area contributed by atoms with Gasteiger partial charge in [0.2, 0.25) is 16.0 Å². The molecule has 7 rings (SSSR count). The SMILES string of the molecule is COc1ccc(CN(Cc2ccc(OC)cc2)S(=O)(=O)c2c(S(=O)(=O)CCNC(=O)O)ccc(-c3cccc4c3nc(N)n4CC(F)(F)F)c2-c2nnnn2Cc2ccc(OC)cc2)cc1. The van der Waals surface area contributed by atoms with E-state index in [9.17, 15) is 31.5 Å². The van der Waals surface area contributed by atoms with Crippen LogP contribution >= 0.6 is 0 Å². The number of hydrogen-bond donors (Lipinski definition) is 3. The van der Waals surface area contributed by atoms with Crippen molar-refractivity contribution in [3.8, 4) is 39.8 Å². The number of halogens is 3. The maximum Gasteiger partial charge on any atom is 0.406 e. The number of nitrogens with zero attached hydrogens (tertiary/aromatic N) is 7. The summed E-state index contributed by atoms with van der Waals surface area (Å²) in [5.41, 5.74) is 7.18. The predicted octanol–water partition coefficient (Wildman–Crippen LogP) is 6.01. The first-order chi connectivity index (χ1) is 31.4. The standard InChI is InChI=1S/C43H42F3N9O9S2/c1-62-30-13-7-27(8-14-30)23-53(24-28-9-15-31(63-2)16-10-28)66(60,61)39-36(65(58,59)22-21-48-42(56)57)20-19-33(34-5-4-6-35-38(34)49-41(47)54(35)26-43(44,45)46)37(39)40-50-51-52-55(40)25-29-11-17-32(64-3)18-12-29/h4-20,48H,21-26H2,1-3H3,(H2,47,49)(H,56,57). The maximum atomic E-state index is 16.0. The molecule has 5 aromatic carbocycles. The molecule has 0 unspecified atom stereocenters. The molecule has 2 heterocycles. The van der Waals surface area contributed by atoms with E-state index in [1.54, 1.807) is 72.8 Å². The van der Waals surface area contributed by atoms with Crippen molar-refractivity contribution in [2.24, 2.45) is 0 Å². The third-order valence-electron chi connectivity index (χ3n) is 10.4. The number of rotatable bonds is 18. The van der Waals surface area contributed by atoms with Crippen molar-refractivity contribution in [3.05, 3.63) is 120 Å². The number of imidazole rings is 1. The Balaban J connectivity index is 1.56. The lowest BCUT2D eigenvalue weighted by atomic mass is 9.97. The molecule has 0 aliphatic heterocycles. The highest BCUT2D eigenvalue weighted by Crippen LogP contribution is 2.44. The van der Waals surface area contributed by atoms with Gasteiger partial charge in [-0.25, -0.2) is 31.3 Å². The number of amides is 1. The molecule has 0 bridgehead atoms. The van der Waals surface area contributed by atoms with Crippen LogP contribution in [0.5, 0.6) is 17.2 Å². The van der Waals surface area contributed by atoms with E-state index in [4.69, 9.17) is 19.9 Å². The summed E-state index contributed by atoms with van der Waals surface area (Å²) in [6.07, 6.45) is -6.23. The Bertz CT molecular complexity index is 3040. The van der Waals surface area contributed by atoms with E-state index in [-0.39, 0.29) is 53.2 Å². The van der Waals surface area contributed by atoms with Crippen LogP contribution in [0.4, 0.5) is 23.9 Å². The average Bonchev–Trinajstić information content (AvgIpc) is 3.88. The number of benzene rings is 5. The van der Waals surface area contributed by atoms with E-state index in [1.807, 2.05) is 5.32 Å². The molecule has 0 spiro atoms. The van der Waals surface area contributed by atoms with Crippen LogP contribution in [-0.4, -0.2) is 102 Å². The molecule has 2 aromatic heterocycles. The van der Waals surface area contributed by atoms with Gasteiger partial charge in [-0.1, -0.05) is 54.6 Å². The average molecular weight is 950 g/mol. The molecular formula is C43H42F3N9O9S2. The summed E-state index contributed by atoms with van der Waals surface area (Å²) in [4.78, 5) is 14.2. The van der Waals surface area contributed by atoms with E-state index < -0.39 is 66.7 Å². The number of sulfone groups is 1. The monoisotopic (exact) mass is 949 g/mol. The molecule has 0 saturated heterocycles. The number of carbonyl (C=O) groups is 1. The summed E-state index contributed by atoms with van der Waals surface area (Å²) < 4.78 is 122. The predicted molar refractivity (Wildman–Crippen MR) is 235 cm³/mol. The van der Waals surface area contributed by atoms with Crippen LogP contribution in [-0.2, 0) is 46.0 Å². The summed E-state index contributed by atoms with van der Waals surface area (Å²) in [5, 5.41) is 23.7. The number of aromatic nitrogens is 6. The number of nitrogens with one attached hydrogen (secondary N) is 1. The number of para-hydroxylation sites is 1. The quantitative estimate of drug-likeness (QED) is 0.0894. The zero-order chi connectivity index (χ0) is 47.4. The highest BCUT2D eigenvalue weighted by Gasteiger charge is 2.39. The Morgan fingerprint density at radius 2 is 1.35 bits per heavy atom. The molecule has 4 N–H and O–H groups in total. The largest absolute Gasteiger partial charge is 0.497 e. The van der Waals surface area contributed by atoms with Gasteiger partial charge < -0.3 is 34.9 Å². The summed E-state index contributed by atoms with van der Waals surface area (Å²) in [7, 11) is -5.44. The lowest BCUT2D eigenvalue weighted by molar-refractivity contribution is -0.139. The molecule has 23 heteroatoms. The second-order valence-corrected chi connectivity index (χ2v) is 18.6. The molecular weight excluding hydrogens is 908 g/mol. The maximum absolute atomic E-state index is 16.0. The number of alkyl halides is 3. The first kappa shape index (κ1) is 46.7. The van der Waals surface area contributed by atoms with Crippen molar-refractivity contribution in [3.63, 3.8) is 0 Å². The molecule has 0 atom stereocenters. The summed E-state index contributed by atoms with van der Waals surface area (Å²) in [5.74, 6) is -0.136. The Labute approximate surface area is 376 Å². The summed E-state index contributed by atoms with van der Waals surface area (Å²) >= 11 is 0. The number of ether oxygens (including phenoxy) is 3. The summed E-state index contributed by atoms with van der Waals surface area (Å²) in [6, 6.07) is 26.4. The van der Waals surface area contributed by atoms with Gasteiger partial charge in [0, 0.05) is 25.2 Å². The van der Waals surface area contributed by atoms with E-state index in [0.29, 0.717) is 33.9 Å². The number of fused-ring (bicyclic) bond motifs is 1. The lowest BCUT2D eigenvalue weighted by Gasteiger charge is -2.27. The van der Waals surface area contributed by atoms with Gasteiger partial charge in [0.05, 0.1) is 55.1 Å². The molecule has 0 fully saturated rings.